The molecule has 1 amide bonds. The summed E-state index contributed by atoms with van der Waals surface area (Å²) in [7, 11) is 1.85. The number of nitrogens with one attached hydrogen (secondary N) is 1. The van der Waals surface area contributed by atoms with Crippen LogP contribution in [0, 0.1) is 11.3 Å². The van der Waals surface area contributed by atoms with Gasteiger partial charge in [0.05, 0.1) is 18.1 Å². The van der Waals surface area contributed by atoms with Crippen molar-refractivity contribution in [2.24, 2.45) is 0 Å². The molecule has 0 fully saturated rings. The van der Waals surface area contributed by atoms with Crippen LogP contribution >= 0.6 is 11.6 Å². The van der Waals surface area contributed by atoms with E-state index in [1.54, 1.807) is 36.4 Å². The van der Waals surface area contributed by atoms with Crippen molar-refractivity contribution in [3.05, 3.63) is 53.2 Å². The maximum Gasteiger partial charge on any atom is 0.257 e. The summed E-state index contributed by atoms with van der Waals surface area (Å²) in [5.41, 5.74) is 1.09. The Labute approximate surface area is 134 Å². The summed E-state index contributed by atoms with van der Waals surface area (Å²) >= 11 is 5.88. The standard InChI is InChI=1S/C16H15ClN4O/c1-21(9-3-8-18)15-7-6-12(11-19-15)16(22)20-14-5-2-4-13(17)10-14/h2,4-7,10-11H,3,9H2,1H3,(H,20,22). The van der Waals surface area contributed by atoms with Crippen molar-refractivity contribution in [3.63, 3.8) is 0 Å². The van der Waals surface area contributed by atoms with Gasteiger partial charge in [0.15, 0.2) is 0 Å². The Morgan fingerprint density at radius 3 is 2.86 bits per heavy atom. The first-order valence-corrected chi connectivity index (χ1v) is 7.09. The van der Waals surface area contributed by atoms with Gasteiger partial charge in [-0.15, -0.1) is 0 Å². The molecule has 0 aliphatic rings. The fraction of sp³-hybridized carbons (Fsp3) is 0.188. The summed E-state index contributed by atoms with van der Waals surface area (Å²) in [5.74, 6) is 0.468. The lowest BCUT2D eigenvalue weighted by molar-refractivity contribution is 0.102. The first kappa shape index (κ1) is 15.8. The van der Waals surface area contributed by atoms with Crippen LogP contribution in [-0.4, -0.2) is 24.5 Å². The molecule has 0 radical (unpaired) electrons. The van der Waals surface area contributed by atoms with Gasteiger partial charge >= 0.3 is 0 Å². The predicted molar refractivity (Wildman–Crippen MR) is 87.1 cm³/mol. The number of nitriles is 1. The van der Waals surface area contributed by atoms with E-state index in [1.165, 1.54) is 6.20 Å². The average Bonchev–Trinajstić information content (AvgIpc) is 2.52. The number of anilines is 2. The molecule has 0 atom stereocenters. The van der Waals surface area contributed by atoms with Crippen LogP contribution in [0.3, 0.4) is 0 Å². The Morgan fingerprint density at radius 2 is 2.23 bits per heavy atom. The molecule has 0 aliphatic carbocycles. The van der Waals surface area contributed by atoms with E-state index < -0.39 is 0 Å². The van der Waals surface area contributed by atoms with Crippen molar-refractivity contribution in [3.8, 4) is 6.07 Å². The molecule has 2 rings (SSSR count). The maximum atomic E-state index is 12.1. The van der Waals surface area contributed by atoms with Crippen molar-refractivity contribution in [1.82, 2.24) is 4.98 Å². The van der Waals surface area contributed by atoms with Gasteiger partial charge < -0.3 is 10.2 Å². The third-order valence-electron chi connectivity index (χ3n) is 3.04. The second-order valence-electron chi connectivity index (χ2n) is 4.70. The lowest BCUT2D eigenvalue weighted by Crippen LogP contribution is -2.20. The van der Waals surface area contributed by atoms with Crippen molar-refractivity contribution >= 4 is 29.0 Å². The lowest BCUT2D eigenvalue weighted by atomic mass is 10.2. The summed E-state index contributed by atoms with van der Waals surface area (Å²) in [5, 5.41) is 11.9. The number of benzene rings is 1. The fourth-order valence-corrected chi connectivity index (χ4v) is 2.04. The molecule has 0 saturated carbocycles. The maximum absolute atomic E-state index is 12.1. The number of pyridine rings is 1. The molecule has 5 nitrogen and oxygen atoms in total. The molecule has 22 heavy (non-hydrogen) atoms. The van der Waals surface area contributed by atoms with E-state index in [2.05, 4.69) is 16.4 Å². The van der Waals surface area contributed by atoms with E-state index in [4.69, 9.17) is 16.9 Å². The van der Waals surface area contributed by atoms with Gasteiger partial charge in [0, 0.05) is 30.5 Å². The Morgan fingerprint density at radius 1 is 1.41 bits per heavy atom. The van der Waals surface area contributed by atoms with Crippen molar-refractivity contribution < 1.29 is 4.79 Å². The van der Waals surface area contributed by atoms with Crippen LogP contribution in [0.25, 0.3) is 0 Å². The molecule has 112 valence electrons. The number of carbonyl (C=O) groups excluding carboxylic acids is 1. The molecule has 0 saturated heterocycles. The summed E-state index contributed by atoms with van der Waals surface area (Å²) in [6.45, 7) is 0.595. The van der Waals surface area contributed by atoms with E-state index in [0.717, 1.165) is 5.82 Å². The lowest BCUT2D eigenvalue weighted by Gasteiger charge is -2.16. The van der Waals surface area contributed by atoms with Crippen LogP contribution in [0.15, 0.2) is 42.6 Å². The topological polar surface area (TPSA) is 69.0 Å². The Balaban J connectivity index is 2.03. The minimum atomic E-state index is -0.249. The zero-order valence-electron chi connectivity index (χ0n) is 12.1. The van der Waals surface area contributed by atoms with Crippen LogP contribution in [-0.2, 0) is 0 Å². The van der Waals surface area contributed by atoms with E-state index in [0.29, 0.717) is 29.2 Å². The third-order valence-corrected chi connectivity index (χ3v) is 3.28. The molecule has 0 aliphatic heterocycles. The molecule has 2 aromatic rings. The monoisotopic (exact) mass is 314 g/mol. The third kappa shape index (κ3) is 4.21. The molecular weight excluding hydrogens is 300 g/mol. The van der Waals surface area contributed by atoms with E-state index in [1.807, 2.05) is 11.9 Å². The summed E-state index contributed by atoms with van der Waals surface area (Å²) in [6.07, 6.45) is 1.94. The molecular formula is C16H15ClN4O. The molecule has 0 unspecified atom stereocenters. The highest BCUT2D eigenvalue weighted by Crippen LogP contribution is 2.16. The molecule has 0 spiro atoms. The van der Waals surface area contributed by atoms with Gasteiger partial charge in [-0.2, -0.15) is 5.26 Å². The number of rotatable bonds is 5. The highest BCUT2D eigenvalue weighted by Gasteiger charge is 2.08. The predicted octanol–water partition coefficient (Wildman–Crippen LogP) is 3.34. The number of aromatic nitrogens is 1. The van der Waals surface area contributed by atoms with Gasteiger partial charge in [-0.25, -0.2) is 4.98 Å². The van der Waals surface area contributed by atoms with Gasteiger partial charge in [0.25, 0.3) is 5.91 Å². The minimum Gasteiger partial charge on any atom is -0.359 e. The quantitative estimate of drug-likeness (QED) is 0.919. The first-order valence-electron chi connectivity index (χ1n) is 6.71. The SMILES string of the molecule is CN(CCC#N)c1ccc(C(=O)Nc2cccc(Cl)c2)cn1. The van der Waals surface area contributed by atoms with Crippen LogP contribution < -0.4 is 10.2 Å². The van der Waals surface area contributed by atoms with Gasteiger partial charge in [0.1, 0.15) is 5.82 Å². The molecule has 1 heterocycles. The van der Waals surface area contributed by atoms with Crippen molar-refractivity contribution in [2.45, 2.75) is 6.42 Å². The molecule has 1 N–H and O–H groups in total. The van der Waals surface area contributed by atoms with E-state index >= 15 is 0 Å². The van der Waals surface area contributed by atoms with Crippen LogP contribution in [0.4, 0.5) is 11.5 Å². The summed E-state index contributed by atoms with van der Waals surface area (Å²) < 4.78 is 0. The molecule has 1 aromatic heterocycles. The second-order valence-corrected chi connectivity index (χ2v) is 5.14. The van der Waals surface area contributed by atoms with E-state index in [9.17, 15) is 4.79 Å². The van der Waals surface area contributed by atoms with Crippen molar-refractivity contribution in [2.75, 3.05) is 23.8 Å². The minimum absolute atomic E-state index is 0.249. The van der Waals surface area contributed by atoms with Gasteiger partial charge in [-0.05, 0) is 30.3 Å². The fourth-order valence-electron chi connectivity index (χ4n) is 1.85. The molecule has 6 heteroatoms. The Hall–Kier alpha value is -2.58. The highest BCUT2D eigenvalue weighted by atomic mass is 35.5. The van der Waals surface area contributed by atoms with Crippen LogP contribution in [0.2, 0.25) is 5.02 Å². The summed E-state index contributed by atoms with van der Waals surface area (Å²) in [4.78, 5) is 18.2. The largest absolute Gasteiger partial charge is 0.359 e. The number of halogens is 1. The smallest absolute Gasteiger partial charge is 0.257 e. The van der Waals surface area contributed by atoms with Gasteiger partial charge in [-0.3, -0.25) is 4.79 Å². The van der Waals surface area contributed by atoms with Crippen molar-refractivity contribution in [1.29, 1.82) is 5.26 Å². The average molecular weight is 315 g/mol. The zero-order chi connectivity index (χ0) is 15.9. The number of carbonyl (C=O) groups is 1. The number of hydrogen-bond acceptors (Lipinski definition) is 4. The van der Waals surface area contributed by atoms with Gasteiger partial charge in [0.2, 0.25) is 0 Å². The Bertz CT molecular complexity index is 694. The van der Waals surface area contributed by atoms with Crippen LogP contribution in [0.5, 0.6) is 0 Å². The highest BCUT2D eigenvalue weighted by molar-refractivity contribution is 6.30. The Kier molecular flexibility index (Phi) is 5.34. The van der Waals surface area contributed by atoms with Crippen LogP contribution in [0.1, 0.15) is 16.8 Å². The molecule has 1 aromatic carbocycles. The second kappa shape index (κ2) is 7.43. The summed E-state index contributed by atoms with van der Waals surface area (Å²) in [6, 6.07) is 12.5. The molecule has 0 bridgehead atoms. The number of nitrogens with zero attached hydrogens (tertiary/aromatic N) is 3. The first-order chi connectivity index (χ1) is 10.6. The number of amides is 1. The zero-order valence-corrected chi connectivity index (χ0v) is 12.8. The van der Waals surface area contributed by atoms with E-state index in [-0.39, 0.29) is 5.91 Å². The van der Waals surface area contributed by atoms with Gasteiger partial charge in [-0.1, -0.05) is 17.7 Å². The number of hydrogen-bond donors (Lipinski definition) is 1. The normalized spacial score (nSPS) is 9.86.